The third-order valence-electron chi connectivity index (χ3n) is 3.18. The Balaban J connectivity index is 1.91. The van der Waals surface area contributed by atoms with E-state index in [-0.39, 0.29) is 23.8 Å². The van der Waals surface area contributed by atoms with Crippen LogP contribution in [0.3, 0.4) is 0 Å². The third-order valence-corrected chi connectivity index (χ3v) is 4.12. The highest BCUT2D eigenvalue weighted by atomic mass is 127. The molecule has 120 valence electrons. The van der Waals surface area contributed by atoms with E-state index in [0.717, 1.165) is 12.1 Å². The van der Waals surface area contributed by atoms with Crippen LogP contribution in [0.2, 0.25) is 0 Å². The molecule has 0 radical (unpaired) electrons. The number of para-hydroxylation sites is 1. The number of carbonyl (C=O) groups is 1. The minimum Gasteiger partial charge on any atom is -0.454 e. The summed E-state index contributed by atoms with van der Waals surface area (Å²) in [5, 5.41) is 2.49. The van der Waals surface area contributed by atoms with E-state index < -0.39 is 17.6 Å². The molecule has 23 heavy (non-hydrogen) atoms. The largest absolute Gasteiger partial charge is 0.454 e. The number of anilines is 1. The van der Waals surface area contributed by atoms with Crippen LogP contribution in [-0.2, 0) is 6.18 Å². The first-order chi connectivity index (χ1) is 10.9. The lowest BCUT2D eigenvalue weighted by atomic mass is 10.1. The molecular formula is C15H9F3INO3. The Hall–Kier alpha value is -1.97. The van der Waals surface area contributed by atoms with E-state index in [9.17, 15) is 18.0 Å². The molecule has 4 nitrogen and oxygen atoms in total. The molecule has 1 heterocycles. The van der Waals surface area contributed by atoms with E-state index in [1.807, 2.05) is 22.6 Å². The number of fused-ring (bicyclic) bond motifs is 1. The highest BCUT2D eigenvalue weighted by molar-refractivity contribution is 14.1. The minimum absolute atomic E-state index is 0.000714. The van der Waals surface area contributed by atoms with Crippen LogP contribution in [0.25, 0.3) is 0 Å². The lowest BCUT2D eigenvalue weighted by Crippen LogP contribution is -2.15. The maximum Gasteiger partial charge on any atom is 0.416 e. The van der Waals surface area contributed by atoms with Gasteiger partial charge in [0.1, 0.15) is 0 Å². The maximum absolute atomic E-state index is 12.8. The highest BCUT2D eigenvalue weighted by Gasteiger charge is 2.31. The summed E-state index contributed by atoms with van der Waals surface area (Å²) >= 11 is 1.86. The van der Waals surface area contributed by atoms with E-state index in [1.54, 1.807) is 12.1 Å². The first-order valence-electron chi connectivity index (χ1n) is 6.43. The molecule has 2 aromatic rings. The van der Waals surface area contributed by atoms with Crippen molar-refractivity contribution in [3.63, 3.8) is 0 Å². The molecule has 1 aliphatic heterocycles. The zero-order valence-electron chi connectivity index (χ0n) is 11.4. The van der Waals surface area contributed by atoms with E-state index in [0.29, 0.717) is 9.32 Å². The summed E-state index contributed by atoms with van der Waals surface area (Å²) in [4.78, 5) is 12.4. The fourth-order valence-electron chi connectivity index (χ4n) is 2.10. The van der Waals surface area contributed by atoms with Gasteiger partial charge in [0, 0.05) is 3.57 Å². The van der Waals surface area contributed by atoms with Gasteiger partial charge in [0.05, 0.1) is 16.8 Å². The Labute approximate surface area is 142 Å². The van der Waals surface area contributed by atoms with Gasteiger partial charge in [-0.25, -0.2) is 0 Å². The Morgan fingerprint density at radius 2 is 1.96 bits per heavy atom. The third kappa shape index (κ3) is 3.21. The van der Waals surface area contributed by atoms with Gasteiger partial charge in [-0.1, -0.05) is 6.07 Å². The fraction of sp³-hybridized carbons (Fsp3) is 0.133. The van der Waals surface area contributed by atoms with Gasteiger partial charge in [-0.05, 0) is 52.9 Å². The Bertz CT molecular complexity index is 777. The number of hydrogen-bond acceptors (Lipinski definition) is 3. The number of rotatable bonds is 2. The van der Waals surface area contributed by atoms with E-state index >= 15 is 0 Å². The van der Waals surface area contributed by atoms with E-state index in [1.165, 1.54) is 12.1 Å². The molecule has 0 atom stereocenters. The number of ether oxygens (including phenoxy) is 2. The van der Waals surface area contributed by atoms with Crippen LogP contribution in [0.5, 0.6) is 11.5 Å². The van der Waals surface area contributed by atoms with Crippen molar-refractivity contribution >= 4 is 34.2 Å². The second-order valence-corrected chi connectivity index (χ2v) is 5.85. The van der Waals surface area contributed by atoms with Gasteiger partial charge >= 0.3 is 6.18 Å². The number of hydrogen-bond donors (Lipinski definition) is 1. The first kappa shape index (κ1) is 15.9. The molecule has 1 aliphatic rings. The van der Waals surface area contributed by atoms with Crippen LogP contribution in [0.15, 0.2) is 36.4 Å². The standard InChI is InChI=1S/C15H9F3INO3/c16-15(17,18)8-4-5-10(19)11(6-8)20-14(21)9-2-1-3-12-13(9)23-7-22-12/h1-6H,7H2,(H,20,21). The van der Waals surface area contributed by atoms with Gasteiger partial charge in [-0.2, -0.15) is 13.2 Å². The van der Waals surface area contributed by atoms with Crippen LogP contribution in [0.4, 0.5) is 18.9 Å². The molecule has 0 bridgehead atoms. The summed E-state index contributed by atoms with van der Waals surface area (Å²) in [6.45, 7) is 0.000714. The smallest absolute Gasteiger partial charge is 0.416 e. The number of carbonyl (C=O) groups excluding carboxylic acids is 1. The second-order valence-electron chi connectivity index (χ2n) is 4.69. The zero-order valence-corrected chi connectivity index (χ0v) is 13.6. The molecule has 0 fully saturated rings. The quantitative estimate of drug-likeness (QED) is 0.717. The van der Waals surface area contributed by atoms with E-state index in [4.69, 9.17) is 9.47 Å². The normalized spacial score (nSPS) is 13.0. The van der Waals surface area contributed by atoms with Gasteiger partial charge in [0.15, 0.2) is 11.5 Å². The van der Waals surface area contributed by atoms with Crippen molar-refractivity contribution in [3.8, 4) is 11.5 Å². The average Bonchev–Trinajstić information content (AvgIpc) is 2.96. The van der Waals surface area contributed by atoms with Crippen LogP contribution in [-0.4, -0.2) is 12.7 Å². The van der Waals surface area contributed by atoms with Crippen LogP contribution >= 0.6 is 22.6 Å². The van der Waals surface area contributed by atoms with Crippen molar-refractivity contribution < 1.29 is 27.4 Å². The summed E-state index contributed by atoms with van der Waals surface area (Å²) < 4.78 is 49.3. The topological polar surface area (TPSA) is 47.6 Å². The molecule has 8 heteroatoms. The molecule has 3 rings (SSSR count). The summed E-state index contributed by atoms with van der Waals surface area (Å²) in [5.41, 5.74) is -0.541. The van der Waals surface area contributed by atoms with Gasteiger partial charge < -0.3 is 14.8 Å². The number of nitrogens with one attached hydrogen (secondary N) is 1. The Kier molecular flexibility index (Phi) is 4.09. The molecule has 0 saturated heterocycles. The zero-order chi connectivity index (χ0) is 16.6. The van der Waals surface area contributed by atoms with Crippen LogP contribution in [0, 0.1) is 3.57 Å². The van der Waals surface area contributed by atoms with Crippen molar-refractivity contribution in [2.75, 3.05) is 12.1 Å². The van der Waals surface area contributed by atoms with Crippen LogP contribution < -0.4 is 14.8 Å². The van der Waals surface area contributed by atoms with Crippen LogP contribution in [0.1, 0.15) is 15.9 Å². The van der Waals surface area contributed by atoms with Gasteiger partial charge in [-0.15, -0.1) is 0 Å². The molecule has 0 aromatic heterocycles. The predicted octanol–water partition coefficient (Wildman–Crippen LogP) is 4.29. The van der Waals surface area contributed by atoms with Crippen molar-refractivity contribution in [2.45, 2.75) is 6.18 Å². The van der Waals surface area contributed by atoms with Gasteiger partial charge in [0.25, 0.3) is 5.91 Å². The van der Waals surface area contributed by atoms with E-state index in [2.05, 4.69) is 5.32 Å². The number of benzene rings is 2. The summed E-state index contributed by atoms with van der Waals surface area (Å²) in [5.74, 6) is 0.146. The highest BCUT2D eigenvalue weighted by Crippen LogP contribution is 2.36. The first-order valence-corrected chi connectivity index (χ1v) is 7.51. The fourth-order valence-corrected chi connectivity index (χ4v) is 2.57. The van der Waals surface area contributed by atoms with Gasteiger partial charge in [0.2, 0.25) is 6.79 Å². The van der Waals surface area contributed by atoms with Gasteiger partial charge in [-0.3, -0.25) is 4.79 Å². The lowest BCUT2D eigenvalue weighted by molar-refractivity contribution is -0.137. The average molecular weight is 435 g/mol. The maximum atomic E-state index is 12.8. The molecule has 1 amide bonds. The Morgan fingerprint density at radius 1 is 1.17 bits per heavy atom. The Morgan fingerprint density at radius 3 is 2.70 bits per heavy atom. The lowest BCUT2D eigenvalue weighted by Gasteiger charge is -2.12. The minimum atomic E-state index is -4.48. The van der Waals surface area contributed by atoms with Crippen molar-refractivity contribution in [1.29, 1.82) is 0 Å². The molecule has 0 unspecified atom stereocenters. The van der Waals surface area contributed by atoms with Crippen molar-refractivity contribution in [2.24, 2.45) is 0 Å². The molecule has 1 N–H and O–H groups in total. The summed E-state index contributed by atoms with van der Waals surface area (Å²) in [6, 6.07) is 7.94. The number of halogens is 4. The second kappa shape index (κ2) is 5.91. The SMILES string of the molecule is O=C(Nc1cc(C(F)(F)F)ccc1I)c1cccc2c1OCO2. The molecule has 0 saturated carbocycles. The number of amides is 1. The molecular weight excluding hydrogens is 426 g/mol. The molecule has 0 aliphatic carbocycles. The summed E-state index contributed by atoms with van der Waals surface area (Å²) in [7, 11) is 0. The van der Waals surface area contributed by atoms with Crippen molar-refractivity contribution in [3.05, 3.63) is 51.1 Å². The monoisotopic (exact) mass is 435 g/mol. The molecule has 2 aromatic carbocycles. The predicted molar refractivity (Wildman–Crippen MR) is 84.7 cm³/mol. The summed E-state index contributed by atoms with van der Waals surface area (Å²) in [6.07, 6.45) is -4.48. The number of alkyl halides is 3. The molecule has 0 spiro atoms. The van der Waals surface area contributed by atoms with Crippen molar-refractivity contribution in [1.82, 2.24) is 0 Å².